The molecule has 3 aromatic rings. The molecule has 1 saturated heterocycles. The molecule has 5 rings (SSSR count). The lowest BCUT2D eigenvalue weighted by atomic mass is 9.98. The van der Waals surface area contributed by atoms with Crippen LogP contribution in [0.25, 0.3) is 17.2 Å². The molecule has 0 radical (unpaired) electrons. The molecule has 7 heteroatoms. The molecule has 0 spiro atoms. The van der Waals surface area contributed by atoms with E-state index in [4.69, 9.17) is 26.2 Å². The highest BCUT2D eigenvalue weighted by atomic mass is 35.5. The Hall–Kier alpha value is -2.80. The number of hydrogen-bond acceptors (Lipinski definition) is 5. The predicted octanol–water partition coefficient (Wildman–Crippen LogP) is 5.75. The minimum atomic E-state index is -0.711. The quantitative estimate of drug-likeness (QED) is 0.465. The molecule has 0 saturated carbocycles. The van der Waals surface area contributed by atoms with Crippen molar-refractivity contribution in [1.29, 1.82) is 0 Å². The van der Waals surface area contributed by atoms with Crippen LogP contribution in [0.3, 0.4) is 0 Å². The average Bonchev–Trinajstić information content (AvgIpc) is 3.15. The lowest BCUT2D eigenvalue weighted by molar-refractivity contribution is -0.147. The van der Waals surface area contributed by atoms with E-state index in [0.717, 1.165) is 44.6 Å². The van der Waals surface area contributed by atoms with Gasteiger partial charge >= 0.3 is 5.97 Å². The number of benzene rings is 2. The van der Waals surface area contributed by atoms with Gasteiger partial charge in [-0.05, 0) is 60.0 Å². The Morgan fingerprint density at radius 2 is 2.00 bits per heavy atom. The molecule has 170 valence electrons. The van der Waals surface area contributed by atoms with Gasteiger partial charge in [-0.15, -0.1) is 11.3 Å². The average molecular weight is 482 g/mol. The molecule has 2 aliphatic heterocycles. The Morgan fingerprint density at radius 3 is 2.76 bits per heavy atom. The molecule has 0 aliphatic carbocycles. The lowest BCUT2D eigenvalue weighted by Gasteiger charge is -2.37. The third kappa shape index (κ3) is 4.93. The van der Waals surface area contributed by atoms with Crippen molar-refractivity contribution < 1.29 is 19.4 Å². The number of aryl methyl sites for hydroxylation is 1. The summed E-state index contributed by atoms with van der Waals surface area (Å²) in [6, 6.07) is 16.0. The number of thiophene rings is 1. The van der Waals surface area contributed by atoms with E-state index in [1.54, 1.807) is 11.3 Å². The van der Waals surface area contributed by atoms with Gasteiger partial charge < -0.3 is 14.6 Å². The second kappa shape index (κ2) is 9.21. The van der Waals surface area contributed by atoms with Crippen LogP contribution in [0.4, 0.5) is 0 Å². The topological polar surface area (TPSA) is 59.0 Å². The molecular weight excluding hydrogens is 458 g/mol. The fourth-order valence-electron chi connectivity index (χ4n) is 4.20. The van der Waals surface area contributed by atoms with Gasteiger partial charge in [-0.1, -0.05) is 23.7 Å². The van der Waals surface area contributed by atoms with Crippen molar-refractivity contribution in [3.05, 3.63) is 74.4 Å². The van der Waals surface area contributed by atoms with Crippen LogP contribution < -0.4 is 9.47 Å². The van der Waals surface area contributed by atoms with Crippen molar-refractivity contribution in [2.75, 3.05) is 26.2 Å². The highest BCUT2D eigenvalue weighted by Gasteiger charge is 2.32. The summed E-state index contributed by atoms with van der Waals surface area (Å²) in [4.78, 5) is 15.5. The molecule has 2 aromatic carbocycles. The van der Waals surface area contributed by atoms with Crippen LogP contribution in [0, 0.1) is 12.8 Å². The summed E-state index contributed by atoms with van der Waals surface area (Å²) < 4.78 is 12.0. The molecule has 0 unspecified atom stereocenters. The van der Waals surface area contributed by atoms with Crippen LogP contribution in [0.2, 0.25) is 5.02 Å². The van der Waals surface area contributed by atoms with E-state index in [-0.39, 0.29) is 5.92 Å². The highest BCUT2D eigenvalue weighted by molar-refractivity contribution is 7.12. The Morgan fingerprint density at radius 1 is 1.21 bits per heavy atom. The monoisotopic (exact) mass is 481 g/mol. The predicted molar refractivity (Wildman–Crippen MR) is 131 cm³/mol. The first-order chi connectivity index (χ1) is 15.9. The molecule has 33 heavy (non-hydrogen) atoms. The second-order valence-electron chi connectivity index (χ2n) is 8.50. The Balaban J connectivity index is 1.20. The summed E-state index contributed by atoms with van der Waals surface area (Å²) >= 11 is 7.75. The van der Waals surface area contributed by atoms with Gasteiger partial charge in [0.2, 0.25) is 0 Å². The van der Waals surface area contributed by atoms with Crippen molar-refractivity contribution in [3.63, 3.8) is 0 Å². The SMILES string of the molecule is Cc1sc(COc2ccc3c(c2)OCC(CN2CC(C(=O)O)C2)=C3)cc1-c1ccc(Cl)cc1. The van der Waals surface area contributed by atoms with Gasteiger partial charge in [-0.25, -0.2) is 0 Å². The summed E-state index contributed by atoms with van der Waals surface area (Å²) in [5, 5.41) is 9.76. The van der Waals surface area contributed by atoms with Crippen LogP contribution in [0.1, 0.15) is 15.3 Å². The molecule has 1 aromatic heterocycles. The Labute approximate surface area is 201 Å². The van der Waals surface area contributed by atoms with Crippen molar-refractivity contribution in [2.24, 2.45) is 5.92 Å². The molecule has 0 bridgehead atoms. The number of carbonyl (C=O) groups is 1. The van der Waals surface area contributed by atoms with Gasteiger partial charge in [0.05, 0.1) is 5.92 Å². The maximum Gasteiger partial charge on any atom is 0.309 e. The van der Waals surface area contributed by atoms with Crippen LogP contribution in [-0.2, 0) is 11.4 Å². The fourth-order valence-corrected chi connectivity index (χ4v) is 5.30. The molecule has 0 atom stereocenters. The number of ether oxygens (including phenoxy) is 2. The number of likely N-dealkylation sites (tertiary alicyclic amines) is 1. The minimum Gasteiger partial charge on any atom is -0.488 e. The van der Waals surface area contributed by atoms with E-state index in [0.29, 0.717) is 26.3 Å². The summed E-state index contributed by atoms with van der Waals surface area (Å²) in [7, 11) is 0. The van der Waals surface area contributed by atoms with Gasteiger partial charge in [-0.3, -0.25) is 9.69 Å². The smallest absolute Gasteiger partial charge is 0.309 e. The maximum atomic E-state index is 11.0. The van der Waals surface area contributed by atoms with Crippen LogP contribution in [0.5, 0.6) is 11.5 Å². The van der Waals surface area contributed by atoms with Gasteiger partial charge in [0, 0.05) is 46.0 Å². The van der Waals surface area contributed by atoms with Crippen LogP contribution in [0.15, 0.2) is 54.1 Å². The fraction of sp³-hybridized carbons (Fsp3) is 0.269. The summed E-state index contributed by atoms with van der Waals surface area (Å²) in [5.41, 5.74) is 4.54. The maximum absolute atomic E-state index is 11.0. The van der Waals surface area contributed by atoms with Crippen LogP contribution in [-0.4, -0.2) is 42.2 Å². The number of aliphatic carboxylic acids is 1. The van der Waals surface area contributed by atoms with Crippen molar-refractivity contribution in [1.82, 2.24) is 4.90 Å². The Bertz CT molecular complexity index is 1210. The third-order valence-corrected chi connectivity index (χ3v) is 7.27. The molecule has 0 amide bonds. The first kappa shape index (κ1) is 22.0. The number of carboxylic acids is 1. The van der Waals surface area contributed by atoms with E-state index in [1.807, 2.05) is 42.5 Å². The second-order valence-corrected chi connectivity index (χ2v) is 10.3. The van der Waals surface area contributed by atoms with Crippen molar-refractivity contribution >= 4 is 35.0 Å². The number of halogens is 1. The standard InChI is InChI=1S/C26H24ClNO4S/c1-16-24(18-2-5-21(27)6-3-18)10-23(33-16)15-31-22-7-4-19-8-17(14-32-25(19)9-22)11-28-12-20(13-28)26(29)30/h2-10,20H,11-15H2,1H3,(H,29,30). The number of rotatable bonds is 7. The molecule has 1 fully saturated rings. The zero-order valence-electron chi connectivity index (χ0n) is 18.2. The normalized spacial score (nSPS) is 15.9. The van der Waals surface area contributed by atoms with Gasteiger partial charge in [0.15, 0.2) is 0 Å². The first-order valence-corrected chi connectivity index (χ1v) is 12.0. The third-order valence-electron chi connectivity index (χ3n) is 6.00. The minimum absolute atomic E-state index is 0.239. The molecule has 2 aliphatic rings. The number of fused-ring (bicyclic) bond motifs is 1. The van der Waals surface area contributed by atoms with Crippen LogP contribution >= 0.6 is 22.9 Å². The van der Waals surface area contributed by atoms with Gasteiger partial charge in [0.25, 0.3) is 0 Å². The van der Waals surface area contributed by atoms with Crippen molar-refractivity contribution in [2.45, 2.75) is 13.5 Å². The summed E-state index contributed by atoms with van der Waals surface area (Å²) in [5.74, 6) is 0.637. The number of nitrogens with zero attached hydrogens (tertiary/aromatic N) is 1. The van der Waals surface area contributed by atoms with E-state index in [1.165, 1.54) is 10.4 Å². The molecule has 1 N–H and O–H groups in total. The largest absolute Gasteiger partial charge is 0.488 e. The van der Waals surface area contributed by atoms with E-state index < -0.39 is 5.97 Å². The van der Waals surface area contributed by atoms with Crippen molar-refractivity contribution in [3.8, 4) is 22.6 Å². The number of hydrogen-bond donors (Lipinski definition) is 1. The summed E-state index contributed by atoms with van der Waals surface area (Å²) in [6.45, 7) is 5.09. The summed E-state index contributed by atoms with van der Waals surface area (Å²) in [6.07, 6.45) is 2.14. The van der Waals surface area contributed by atoms with E-state index in [2.05, 4.69) is 24.0 Å². The Kier molecular flexibility index (Phi) is 6.15. The zero-order chi connectivity index (χ0) is 22.9. The van der Waals surface area contributed by atoms with Gasteiger partial charge in [0.1, 0.15) is 24.7 Å². The van der Waals surface area contributed by atoms with E-state index >= 15 is 0 Å². The number of carboxylic acid groups (broad SMARTS) is 1. The zero-order valence-corrected chi connectivity index (χ0v) is 19.8. The molecular formula is C26H24ClNO4S. The molecule has 3 heterocycles. The lowest BCUT2D eigenvalue weighted by Crippen LogP contribution is -2.51. The first-order valence-electron chi connectivity index (χ1n) is 10.8. The van der Waals surface area contributed by atoms with Gasteiger partial charge in [-0.2, -0.15) is 0 Å². The van der Waals surface area contributed by atoms with E-state index in [9.17, 15) is 4.79 Å². The molecule has 5 nitrogen and oxygen atoms in total. The highest BCUT2D eigenvalue weighted by Crippen LogP contribution is 2.34.